The van der Waals surface area contributed by atoms with Crippen molar-refractivity contribution in [2.75, 3.05) is 17.2 Å². The summed E-state index contributed by atoms with van der Waals surface area (Å²) in [6.07, 6.45) is -0.183. The van der Waals surface area contributed by atoms with Crippen molar-refractivity contribution in [2.45, 2.75) is 19.8 Å². The molecule has 0 aliphatic heterocycles. The molecule has 6 nitrogen and oxygen atoms in total. The molecule has 0 aliphatic rings. The predicted octanol–water partition coefficient (Wildman–Crippen LogP) is 4.20. The summed E-state index contributed by atoms with van der Waals surface area (Å²) in [7, 11) is 0. The van der Waals surface area contributed by atoms with Crippen molar-refractivity contribution in [3.63, 3.8) is 0 Å². The molecule has 0 saturated heterocycles. The lowest BCUT2D eigenvalue weighted by atomic mass is 10.2. The fourth-order valence-electron chi connectivity index (χ4n) is 2.07. The third-order valence-corrected chi connectivity index (χ3v) is 4.02. The Hall–Kier alpha value is -2.57. The monoisotopic (exact) mass is 408 g/mol. The van der Waals surface area contributed by atoms with E-state index < -0.39 is 18.5 Å². The number of hydrogen-bond acceptors (Lipinski definition) is 4. The van der Waals surface area contributed by atoms with Crippen LogP contribution >= 0.6 is 23.2 Å². The van der Waals surface area contributed by atoms with Crippen molar-refractivity contribution in [1.29, 1.82) is 0 Å². The van der Waals surface area contributed by atoms with Gasteiger partial charge >= 0.3 is 5.97 Å². The molecular formula is C19H18Cl2N2O4. The van der Waals surface area contributed by atoms with Crippen molar-refractivity contribution >= 4 is 52.4 Å². The maximum Gasteiger partial charge on any atom is 0.306 e. The average Bonchev–Trinajstić information content (AvgIpc) is 2.63. The number of ether oxygens (including phenoxy) is 1. The lowest BCUT2D eigenvalue weighted by molar-refractivity contribution is -0.147. The Bertz CT molecular complexity index is 838. The molecule has 0 aliphatic carbocycles. The van der Waals surface area contributed by atoms with E-state index in [1.54, 1.807) is 18.2 Å². The summed E-state index contributed by atoms with van der Waals surface area (Å²) >= 11 is 11.8. The standard InChI is InChI=1S/C19H18Cl2N2O4/c1-12-2-5-14(6-3-12)22-17(24)8-9-19(26)27-11-18(25)23-16-10-13(20)4-7-15(16)21/h2-7,10H,8-9,11H2,1H3,(H,22,24)(H,23,25). The van der Waals surface area contributed by atoms with Gasteiger partial charge in [0, 0.05) is 17.1 Å². The number of aryl methyl sites for hydroxylation is 1. The van der Waals surface area contributed by atoms with Crippen LogP contribution in [0.15, 0.2) is 42.5 Å². The fourth-order valence-corrected chi connectivity index (χ4v) is 2.41. The largest absolute Gasteiger partial charge is 0.456 e. The van der Waals surface area contributed by atoms with Crippen LogP contribution in [0.25, 0.3) is 0 Å². The number of carbonyl (C=O) groups excluding carboxylic acids is 3. The molecule has 0 bridgehead atoms. The van der Waals surface area contributed by atoms with E-state index in [1.165, 1.54) is 12.1 Å². The fraction of sp³-hybridized carbons (Fsp3) is 0.211. The number of carbonyl (C=O) groups is 3. The highest BCUT2D eigenvalue weighted by Gasteiger charge is 2.12. The summed E-state index contributed by atoms with van der Waals surface area (Å²) in [6.45, 7) is 1.46. The van der Waals surface area contributed by atoms with Crippen LogP contribution in [-0.2, 0) is 19.1 Å². The molecular weight excluding hydrogens is 391 g/mol. The van der Waals surface area contributed by atoms with Crippen molar-refractivity contribution < 1.29 is 19.1 Å². The van der Waals surface area contributed by atoms with Gasteiger partial charge in [0.05, 0.1) is 17.1 Å². The number of amides is 2. The van der Waals surface area contributed by atoms with Gasteiger partial charge in [-0.1, -0.05) is 40.9 Å². The number of rotatable bonds is 7. The molecule has 2 aromatic carbocycles. The van der Waals surface area contributed by atoms with Gasteiger partial charge in [-0.2, -0.15) is 0 Å². The molecule has 0 heterocycles. The molecule has 2 amide bonds. The number of nitrogens with one attached hydrogen (secondary N) is 2. The van der Waals surface area contributed by atoms with Gasteiger partial charge in [-0.15, -0.1) is 0 Å². The van der Waals surface area contributed by atoms with E-state index in [1.807, 2.05) is 19.1 Å². The van der Waals surface area contributed by atoms with Gasteiger partial charge < -0.3 is 15.4 Å². The average molecular weight is 409 g/mol. The van der Waals surface area contributed by atoms with Gasteiger partial charge in [-0.25, -0.2) is 0 Å². The Morgan fingerprint density at radius 2 is 1.63 bits per heavy atom. The quantitative estimate of drug-likeness (QED) is 0.672. The molecule has 27 heavy (non-hydrogen) atoms. The Kier molecular flexibility index (Phi) is 7.64. The zero-order valence-electron chi connectivity index (χ0n) is 14.6. The molecule has 2 N–H and O–H groups in total. The van der Waals surface area contributed by atoms with E-state index in [2.05, 4.69) is 10.6 Å². The number of esters is 1. The second-order valence-electron chi connectivity index (χ2n) is 5.75. The number of hydrogen-bond donors (Lipinski definition) is 2. The molecule has 2 rings (SSSR count). The van der Waals surface area contributed by atoms with Crippen molar-refractivity contribution in [3.8, 4) is 0 Å². The van der Waals surface area contributed by atoms with Crippen LogP contribution < -0.4 is 10.6 Å². The summed E-state index contributed by atoms with van der Waals surface area (Å²) in [5.41, 5.74) is 2.05. The smallest absolute Gasteiger partial charge is 0.306 e. The SMILES string of the molecule is Cc1ccc(NC(=O)CCC(=O)OCC(=O)Nc2cc(Cl)ccc2Cl)cc1. The van der Waals surface area contributed by atoms with Crippen LogP contribution in [0.1, 0.15) is 18.4 Å². The van der Waals surface area contributed by atoms with E-state index in [4.69, 9.17) is 27.9 Å². The van der Waals surface area contributed by atoms with E-state index in [-0.39, 0.29) is 18.7 Å². The highest BCUT2D eigenvalue weighted by molar-refractivity contribution is 6.35. The van der Waals surface area contributed by atoms with Gasteiger partial charge in [0.25, 0.3) is 5.91 Å². The molecule has 0 atom stereocenters. The summed E-state index contributed by atoms with van der Waals surface area (Å²) in [4.78, 5) is 35.3. The Balaban J connectivity index is 1.70. The third-order valence-electron chi connectivity index (χ3n) is 3.46. The first-order valence-corrected chi connectivity index (χ1v) is 8.86. The Labute approximate surface area is 166 Å². The molecule has 0 spiro atoms. The molecule has 0 fully saturated rings. The van der Waals surface area contributed by atoms with Crippen LogP contribution in [0.5, 0.6) is 0 Å². The van der Waals surface area contributed by atoms with Crippen LogP contribution in [-0.4, -0.2) is 24.4 Å². The van der Waals surface area contributed by atoms with Crippen LogP contribution in [0.3, 0.4) is 0 Å². The zero-order chi connectivity index (χ0) is 19.8. The highest BCUT2D eigenvalue weighted by atomic mass is 35.5. The highest BCUT2D eigenvalue weighted by Crippen LogP contribution is 2.25. The van der Waals surface area contributed by atoms with Gasteiger partial charge in [0.1, 0.15) is 0 Å². The van der Waals surface area contributed by atoms with Crippen LogP contribution in [0, 0.1) is 6.92 Å². The lowest BCUT2D eigenvalue weighted by Gasteiger charge is -2.09. The second kappa shape index (κ2) is 9.94. The minimum Gasteiger partial charge on any atom is -0.456 e. The minimum atomic E-state index is -0.651. The van der Waals surface area contributed by atoms with Crippen molar-refractivity contribution in [2.24, 2.45) is 0 Å². The molecule has 8 heteroatoms. The molecule has 0 aromatic heterocycles. The van der Waals surface area contributed by atoms with Gasteiger partial charge in [-0.3, -0.25) is 14.4 Å². The number of halogens is 2. The molecule has 0 radical (unpaired) electrons. The van der Waals surface area contributed by atoms with Crippen LogP contribution in [0.2, 0.25) is 10.0 Å². The first-order valence-electron chi connectivity index (χ1n) is 8.10. The summed E-state index contributed by atoms with van der Waals surface area (Å²) in [5.74, 6) is -1.52. The zero-order valence-corrected chi connectivity index (χ0v) is 16.1. The Morgan fingerprint density at radius 3 is 2.33 bits per heavy atom. The number of anilines is 2. The summed E-state index contributed by atoms with van der Waals surface area (Å²) < 4.78 is 4.86. The topological polar surface area (TPSA) is 84.5 Å². The number of benzene rings is 2. The molecule has 0 unspecified atom stereocenters. The van der Waals surface area contributed by atoms with Gasteiger partial charge in [-0.05, 0) is 37.3 Å². The third kappa shape index (κ3) is 7.29. The summed E-state index contributed by atoms with van der Waals surface area (Å²) in [6, 6.07) is 11.9. The molecule has 142 valence electrons. The lowest BCUT2D eigenvalue weighted by Crippen LogP contribution is -2.22. The van der Waals surface area contributed by atoms with Crippen LogP contribution in [0.4, 0.5) is 11.4 Å². The molecule has 0 saturated carbocycles. The second-order valence-corrected chi connectivity index (χ2v) is 6.59. The first-order chi connectivity index (χ1) is 12.8. The molecule has 2 aromatic rings. The van der Waals surface area contributed by atoms with E-state index in [0.717, 1.165) is 5.56 Å². The summed E-state index contributed by atoms with van der Waals surface area (Å²) in [5, 5.41) is 5.90. The first kappa shape index (κ1) is 20.7. The Morgan fingerprint density at radius 1 is 0.926 bits per heavy atom. The van der Waals surface area contributed by atoms with Crippen molar-refractivity contribution in [3.05, 3.63) is 58.1 Å². The predicted molar refractivity (Wildman–Crippen MR) is 105 cm³/mol. The normalized spacial score (nSPS) is 10.2. The van der Waals surface area contributed by atoms with Gasteiger partial charge in [0.2, 0.25) is 5.91 Å². The van der Waals surface area contributed by atoms with Crippen molar-refractivity contribution in [1.82, 2.24) is 0 Å². The maximum absolute atomic E-state index is 11.8. The van der Waals surface area contributed by atoms with E-state index >= 15 is 0 Å². The minimum absolute atomic E-state index is 0.0472. The maximum atomic E-state index is 11.8. The van der Waals surface area contributed by atoms with E-state index in [9.17, 15) is 14.4 Å². The van der Waals surface area contributed by atoms with Gasteiger partial charge in [0.15, 0.2) is 6.61 Å². The van der Waals surface area contributed by atoms with E-state index in [0.29, 0.717) is 21.4 Å².